The lowest BCUT2D eigenvalue weighted by Crippen LogP contribution is -2.00. The van der Waals surface area contributed by atoms with Gasteiger partial charge in [0, 0.05) is 0 Å². The van der Waals surface area contributed by atoms with Crippen molar-refractivity contribution >= 4 is 0 Å². The van der Waals surface area contributed by atoms with Crippen LogP contribution in [0.25, 0.3) is 0 Å². The minimum atomic E-state index is -2.17. The molecule has 0 nitrogen and oxygen atoms in total. The van der Waals surface area contributed by atoms with Gasteiger partial charge in [-0.15, -0.1) is 0 Å². The van der Waals surface area contributed by atoms with Crippen molar-refractivity contribution < 1.29 is 8.78 Å². The molecule has 0 unspecified atom stereocenters. The van der Waals surface area contributed by atoms with Crippen molar-refractivity contribution in [3.05, 3.63) is 0 Å². The molecule has 0 atom stereocenters. The van der Waals surface area contributed by atoms with Gasteiger partial charge in [-0.2, -0.15) is 0 Å². The van der Waals surface area contributed by atoms with Gasteiger partial charge in [0.2, 0.25) is 6.43 Å². The van der Waals surface area contributed by atoms with Crippen molar-refractivity contribution in [1.29, 1.82) is 0 Å². The van der Waals surface area contributed by atoms with E-state index in [1.165, 1.54) is 6.42 Å². The number of hydrogen-bond acceptors (Lipinski definition) is 0. The molecule has 64 valence electrons. The van der Waals surface area contributed by atoms with Gasteiger partial charge in [-0.1, -0.05) is 34.1 Å². The summed E-state index contributed by atoms with van der Waals surface area (Å²) >= 11 is 0. The fourth-order valence-electron chi connectivity index (χ4n) is 0. The Morgan fingerprint density at radius 2 is 1.30 bits per heavy atom. The van der Waals surface area contributed by atoms with E-state index in [9.17, 15) is 8.78 Å². The number of rotatable bonds is 0. The minimum Gasteiger partial charge on any atom is -0.211 e. The molecule has 0 radical (unpaired) electrons. The molecule has 0 heterocycles. The van der Waals surface area contributed by atoms with Crippen molar-refractivity contribution in [1.82, 2.24) is 0 Å². The third kappa shape index (κ3) is 45.2. The second-order valence-electron chi connectivity index (χ2n) is 3.43. The van der Waals surface area contributed by atoms with Crippen LogP contribution in [0, 0.1) is 5.41 Å². The Bertz CT molecular complexity index is 59.4. The summed E-state index contributed by atoms with van der Waals surface area (Å²) in [6.07, 6.45) is -0.896. The highest BCUT2D eigenvalue weighted by atomic mass is 19.3. The SMILES string of the molecule is CC(F)F.CCC(C)(C)C. The fraction of sp³-hybridized carbons (Fsp3) is 1.00. The van der Waals surface area contributed by atoms with E-state index >= 15 is 0 Å². The van der Waals surface area contributed by atoms with Crippen LogP contribution < -0.4 is 0 Å². The molecule has 0 spiro atoms. The summed E-state index contributed by atoms with van der Waals surface area (Å²) < 4.78 is 20.7. The van der Waals surface area contributed by atoms with Crippen molar-refractivity contribution in [3.63, 3.8) is 0 Å². The van der Waals surface area contributed by atoms with Crippen LogP contribution in [-0.4, -0.2) is 6.43 Å². The van der Waals surface area contributed by atoms with Crippen LogP contribution in [0.3, 0.4) is 0 Å². The van der Waals surface area contributed by atoms with Crippen LogP contribution in [0.15, 0.2) is 0 Å². The average molecular weight is 152 g/mol. The van der Waals surface area contributed by atoms with Crippen LogP contribution in [0.2, 0.25) is 0 Å². The van der Waals surface area contributed by atoms with Crippen molar-refractivity contribution in [3.8, 4) is 0 Å². The van der Waals surface area contributed by atoms with Gasteiger partial charge in [-0.25, -0.2) is 8.78 Å². The summed E-state index contributed by atoms with van der Waals surface area (Å²) in [4.78, 5) is 0. The van der Waals surface area contributed by atoms with E-state index in [0.29, 0.717) is 5.41 Å². The van der Waals surface area contributed by atoms with Gasteiger partial charge in [0.05, 0.1) is 0 Å². The molecule has 0 aliphatic carbocycles. The molecule has 0 aromatic rings. The zero-order valence-corrected chi connectivity index (χ0v) is 7.54. The number of alkyl halides is 2. The molecule has 0 aromatic heterocycles. The van der Waals surface area contributed by atoms with Gasteiger partial charge in [-0.3, -0.25) is 0 Å². The summed E-state index contributed by atoms with van der Waals surface area (Å²) in [6.45, 7) is 9.77. The third-order valence-corrected chi connectivity index (χ3v) is 1.06. The lowest BCUT2D eigenvalue weighted by atomic mass is 9.94. The van der Waals surface area contributed by atoms with E-state index in [-0.39, 0.29) is 0 Å². The number of halogens is 2. The van der Waals surface area contributed by atoms with Gasteiger partial charge in [-0.05, 0) is 12.3 Å². The van der Waals surface area contributed by atoms with Crippen LogP contribution in [-0.2, 0) is 0 Å². The fourth-order valence-corrected chi connectivity index (χ4v) is 0. The second kappa shape index (κ2) is 5.63. The quantitative estimate of drug-likeness (QED) is 0.496. The summed E-state index contributed by atoms with van der Waals surface area (Å²) in [5.74, 6) is 0. The van der Waals surface area contributed by atoms with Crippen LogP contribution in [0.1, 0.15) is 41.0 Å². The maximum atomic E-state index is 10.3. The van der Waals surface area contributed by atoms with Crippen LogP contribution >= 0.6 is 0 Å². The maximum absolute atomic E-state index is 10.3. The van der Waals surface area contributed by atoms with Crippen LogP contribution in [0.4, 0.5) is 8.78 Å². The Labute approximate surface area is 62.6 Å². The average Bonchev–Trinajstić information content (AvgIpc) is 1.63. The number of hydrogen-bond donors (Lipinski definition) is 0. The predicted molar refractivity (Wildman–Crippen MR) is 41.4 cm³/mol. The highest BCUT2D eigenvalue weighted by molar-refractivity contribution is 4.55. The van der Waals surface area contributed by atoms with Crippen molar-refractivity contribution in [2.45, 2.75) is 47.5 Å². The molecule has 0 aliphatic heterocycles. The predicted octanol–water partition coefficient (Wildman–Crippen LogP) is 3.71. The molecular weight excluding hydrogens is 134 g/mol. The smallest absolute Gasteiger partial charge is 0.211 e. The molecule has 10 heavy (non-hydrogen) atoms. The van der Waals surface area contributed by atoms with E-state index in [0.717, 1.165) is 6.92 Å². The van der Waals surface area contributed by atoms with Crippen LogP contribution in [0.5, 0.6) is 0 Å². The normalized spacial score (nSPS) is 10.8. The summed E-state index contributed by atoms with van der Waals surface area (Å²) in [5.41, 5.74) is 0.542. The molecular formula is C8H18F2. The summed E-state index contributed by atoms with van der Waals surface area (Å²) in [6, 6.07) is 0. The minimum absolute atomic E-state index is 0.542. The van der Waals surface area contributed by atoms with Crippen molar-refractivity contribution in [2.24, 2.45) is 5.41 Å². The van der Waals surface area contributed by atoms with Gasteiger partial charge >= 0.3 is 0 Å². The summed E-state index contributed by atoms with van der Waals surface area (Å²) in [7, 11) is 0. The first-order chi connectivity index (χ1) is 4.29. The zero-order chi connectivity index (χ0) is 8.78. The standard InChI is InChI=1S/C6H14.C2H4F2/c1-5-6(2,3)4;1-2(3)4/h5H2,1-4H3;2H,1H3. The largest absolute Gasteiger partial charge is 0.235 e. The molecule has 0 N–H and O–H groups in total. The maximum Gasteiger partial charge on any atom is 0.235 e. The first-order valence-electron chi connectivity index (χ1n) is 3.57. The highest BCUT2D eigenvalue weighted by Gasteiger charge is 2.03. The van der Waals surface area contributed by atoms with Gasteiger partial charge < -0.3 is 0 Å². The first kappa shape index (κ1) is 12.5. The Morgan fingerprint density at radius 1 is 1.20 bits per heavy atom. The monoisotopic (exact) mass is 152 g/mol. The topological polar surface area (TPSA) is 0 Å². The van der Waals surface area contributed by atoms with Gasteiger partial charge in [0.15, 0.2) is 0 Å². The molecule has 2 heteroatoms. The Morgan fingerprint density at radius 3 is 1.30 bits per heavy atom. The van der Waals surface area contributed by atoms with Crippen molar-refractivity contribution in [2.75, 3.05) is 0 Å². The van der Waals surface area contributed by atoms with Gasteiger partial charge in [0.25, 0.3) is 0 Å². The van der Waals surface area contributed by atoms with E-state index in [1.54, 1.807) is 0 Å². The molecule has 0 rings (SSSR count). The molecule has 0 bridgehead atoms. The Balaban J connectivity index is 0. The Kier molecular flexibility index (Phi) is 7.05. The Hall–Kier alpha value is -0.140. The second-order valence-corrected chi connectivity index (χ2v) is 3.43. The lowest BCUT2D eigenvalue weighted by molar-refractivity contribution is 0.171. The lowest BCUT2D eigenvalue weighted by Gasteiger charge is -2.12. The molecule has 0 saturated heterocycles. The van der Waals surface area contributed by atoms with Gasteiger partial charge in [0.1, 0.15) is 0 Å². The third-order valence-electron chi connectivity index (χ3n) is 1.06. The zero-order valence-electron chi connectivity index (χ0n) is 7.54. The molecule has 0 aliphatic rings. The molecule has 0 amide bonds. The van der Waals surface area contributed by atoms with E-state index < -0.39 is 6.43 Å². The van der Waals surface area contributed by atoms with E-state index in [2.05, 4.69) is 27.7 Å². The first-order valence-corrected chi connectivity index (χ1v) is 3.57. The highest BCUT2D eigenvalue weighted by Crippen LogP contribution is 2.16. The van der Waals surface area contributed by atoms with E-state index in [4.69, 9.17) is 0 Å². The molecule has 0 saturated carbocycles. The molecule has 0 fully saturated rings. The molecule has 0 aromatic carbocycles. The van der Waals surface area contributed by atoms with E-state index in [1.807, 2.05) is 0 Å². The summed E-state index contributed by atoms with van der Waals surface area (Å²) in [5, 5.41) is 0.